The largest absolute Gasteiger partial charge is 0.383 e. The molecule has 0 amide bonds. The summed E-state index contributed by atoms with van der Waals surface area (Å²) in [5, 5.41) is 3.35. The zero-order chi connectivity index (χ0) is 11.6. The van der Waals surface area contributed by atoms with Crippen molar-refractivity contribution in [2.45, 2.75) is 12.5 Å². The van der Waals surface area contributed by atoms with E-state index in [1.807, 2.05) is 6.08 Å². The smallest absolute Gasteiger partial charge is 0.0712 e. The van der Waals surface area contributed by atoms with Crippen molar-refractivity contribution in [3.05, 3.63) is 12.7 Å². The van der Waals surface area contributed by atoms with Gasteiger partial charge in [0.15, 0.2) is 0 Å². The average Bonchev–Trinajstić information content (AvgIpc) is 2.34. The molecule has 1 rings (SSSR count). The molecule has 0 bridgehead atoms. The number of methoxy groups -OCH3 is 1. The fourth-order valence-corrected chi connectivity index (χ4v) is 1.83. The monoisotopic (exact) mass is 228 g/mol. The van der Waals surface area contributed by atoms with Gasteiger partial charge in [0.2, 0.25) is 0 Å². The minimum Gasteiger partial charge on any atom is -0.383 e. The quantitative estimate of drug-likeness (QED) is 0.613. The molecule has 16 heavy (non-hydrogen) atoms. The van der Waals surface area contributed by atoms with Gasteiger partial charge in [0.25, 0.3) is 0 Å². The number of hydrogen-bond acceptors (Lipinski definition) is 4. The van der Waals surface area contributed by atoms with Crippen LogP contribution in [0.15, 0.2) is 12.7 Å². The molecule has 1 unspecified atom stereocenters. The van der Waals surface area contributed by atoms with Crippen LogP contribution in [-0.2, 0) is 9.47 Å². The summed E-state index contributed by atoms with van der Waals surface area (Å²) in [7, 11) is 1.74. The van der Waals surface area contributed by atoms with Crippen LogP contribution in [0.5, 0.6) is 0 Å². The van der Waals surface area contributed by atoms with Gasteiger partial charge in [-0.05, 0) is 6.42 Å². The molecule has 1 heterocycles. The Morgan fingerprint density at radius 1 is 1.56 bits per heavy atom. The lowest BCUT2D eigenvalue weighted by atomic mass is 10.2. The van der Waals surface area contributed by atoms with Crippen molar-refractivity contribution in [1.82, 2.24) is 10.2 Å². The molecular formula is C12H24N2O2. The van der Waals surface area contributed by atoms with Crippen molar-refractivity contribution in [1.29, 1.82) is 0 Å². The van der Waals surface area contributed by atoms with Gasteiger partial charge >= 0.3 is 0 Å². The lowest BCUT2D eigenvalue weighted by Crippen LogP contribution is -2.41. The highest BCUT2D eigenvalue weighted by atomic mass is 16.5. The molecule has 4 heteroatoms. The predicted octanol–water partition coefficient (Wildman–Crippen LogP) is 0.499. The molecule has 0 aromatic carbocycles. The van der Waals surface area contributed by atoms with Crippen LogP contribution in [0.25, 0.3) is 0 Å². The van der Waals surface area contributed by atoms with Gasteiger partial charge in [-0.2, -0.15) is 0 Å². The Balaban J connectivity index is 2.16. The Labute approximate surface area is 98.6 Å². The number of hydrogen-bond donors (Lipinski definition) is 1. The molecule has 0 radical (unpaired) electrons. The van der Waals surface area contributed by atoms with Gasteiger partial charge in [-0.1, -0.05) is 6.08 Å². The molecule has 4 nitrogen and oxygen atoms in total. The minimum absolute atomic E-state index is 0.364. The molecule has 1 atom stereocenters. The zero-order valence-electron chi connectivity index (χ0n) is 10.3. The van der Waals surface area contributed by atoms with Gasteiger partial charge in [0.1, 0.15) is 0 Å². The van der Waals surface area contributed by atoms with Crippen molar-refractivity contribution in [2.75, 3.05) is 53.0 Å². The van der Waals surface area contributed by atoms with Crippen LogP contribution >= 0.6 is 0 Å². The van der Waals surface area contributed by atoms with E-state index in [-0.39, 0.29) is 0 Å². The van der Waals surface area contributed by atoms with Gasteiger partial charge in [0, 0.05) is 39.8 Å². The molecule has 0 saturated carbocycles. The molecule has 1 aliphatic heterocycles. The van der Waals surface area contributed by atoms with Gasteiger partial charge in [0.05, 0.1) is 19.3 Å². The van der Waals surface area contributed by atoms with Gasteiger partial charge in [-0.3, -0.25) is 4.90 Å². The standard InChI is InChI=1S/C12H24N2O2/c1-3-6-14(8-10-15-2)7-4-12-11-13-5-9-16-12/h3,12-13H,1,4-11H2,2H3. The first-order valence-corrected chi connectivity index (χ1v) is 6.01. The Bertz CT molecular complexity index is 182. The number of morpholine rings is 1. The Morgan fingerprint density at radius 2 is 2.44 bits per heavy atom. The van der Waals surface area contributed by atoms with Crippen LogP contribution in [0.1, 0.15) is 6.42 Å². The van der Waals surface area contributed by atoms with E-state index in [4.69, 9.17) is 9.47 Å². The summed E-state index contributed by atoms with van der Waals surface area (Å²) in [5.41, 5.74) is 0. The van der Waals surface area contributed by atoms with Crippen molar-refractivity contribution < 1.29 is 9.47 Å². The van der Waals surface area contributed by atoms with E-state index in [0.29, 0.717) is 6.10 Å². The molecule has 1 aliphatic rings. The summed E-state index contributed by atoms with van der Waals surface area (Å²) in [6.45, 7) is 10.3. The van der Waals surface area contributed by atoms with E-state index >= 15 is 0 Å². The van der Waals surface area contributed by atoms with Crippen LogP contribution in [0.4, 0.5) is 0 Å². The first-order chi connectivity index (χ1) is 7.86. The van der Waals surface area contributed by atoms with Crippen LogP contribution in [0.2, 0.25) is 0 Å². The molecule has 0 spiro atoms. The second-order valence-electron chi connectivity index (χ2n) is 4.07. The third-order valence-electron chi connectivity index (χ3n) is 2.77. The fourth-order valence-electron chi connectivity index (χ4n) is 1.83. The lowest BCUT2D eigenvalue weighted by Gasteiger charge is -2.27. The van der Waals surface area contributed by atoms with E-state index in [9.17, 15) is 0 Å². The Kier molecular flexibility index (Phi) is 7.42. The van der Waals surface area contributed by atoms with Gasteiger partial charge in [-0.25, -0.2) is 0 Å². The summed E-state index contributed by atoms with van der Waals surface area (Å²) in [4.78, 5) is 2.34. The molecule has 1 saturated heterocycles. The molecular weight excluding hydrogens is 204 g/mol. The molecule has 94 valence electrons. The third kappa shape index (κ3) is 5.61. The summed E-state index contributed by atoms with van der Waals surface area (Å²) in [6.07, 6.45) is 3.38. The van der Waals surface area contributed by atoms with Crippen molar-refractivity contribution in [3.8, 4) is 0 Å². The number of rotatable bonds is 8. The fraction of sp³-hybridized carbons (Fsp3) is 0.833. The van der Waals surface area contributed by atoms with Crippen molar-refractivity contribution in [3.63, 3.8) is 0 Å². The predicted molar refractivity (Wildman–Crippen MR) is 65.7 cm³/mol. The summed E-state index contributed by atoms with van der Waals surface area (Å²) in [6, 6.07) is 0. The van der Waals surface area contributed by atoms with Crippen LogP contribution in [-0.4, -0.2) is 64.1 Å². The van der Waals surface area contributed by atoms with E-state index in [2.05, 4.69) is 16.8 Å². The van der Waals surface area contributed by atoms with E-state index in [1.165, 1.54) is 0 Å². The first kappa shape index (κ1) is 13.6. The number of nitrogens with zero attached hydrogens (tertiary/aromatic N) is 1. The minimum atomic E-state index is 0.364. The molecule has 0 aromatic rings. The van der Waals surface area contributed by atoms with E-state index < -0.39 is 0 Å². The van der Waals surface area contributed by atoms with E-state index in [1.54, 1.807) is 7.11 Å². The van der Waals surface area contributed by atoms with E-state index in [0.717, 1.165) is 52.4 Å². The Morgan fingerprint density at radius 3 is 3.06 bits per heavy atom. The van der Waals surface area contributed by atoms with Crippen LogP contribution in [0.3, 0.4) is 0 Å². The number of nitrogens with one attached hydrogen (secondary N) is 1. The number of ether oxygens (including phenoxy) is 2. The molecule has 0 aliphatic carbocycles. The summed E-state index contributed by atoms with van der Waals surface area (Å²) in [5.74, 6) is 0. The first-order valence-electron chi connectivity index (χ1n) is 6.01. The topological polar surface area (TPSA) is 33.7 Å². The maximum Gasteiger partial charge on any atom is 0.0712 e. The normalized spacial score (nSPS) is 21.2. The highest BCUT2D eigenvalue weighted by Gasteiger charge is 2.14. The van der Waals surface area contributed by atoms with Crippen LogP contribution < -0.4 is 5.32 Å². The molecule has 1 N–H and O–H groups in total. The summed E-state index contributed by atoms with van der Waals surface area (Å²) >= 11 is 0. The average molecular weight is 228 g/mol. The molecule has 0 aromatic heterocycles. The van der Waals surface area contributed by atoms with Crippen molar-refractivity contribution in [2.24, 2.45) is 0 Å². The maximum absolute atomic E-state index is 5.66. The van der Waals surface area contributed by atoms with Crippen LogP contribution in [0, 0.1) is 0 Å². The summed E-state index contributed by atoms with van der Waals surface area (Å²) < 4.78 is 10.8. The van der Waals surface area contributed by atoms with Gasteiger partial charge in [-0.15, -0.1) is 6.58 Å². The molecule has 1 fully saturated rings. The zero-order valence-corrected chi connectivity index (χ0v) is 10.3. The Hall–Kier alpha value is -0.420. The van der Waals surface area contributed by atoms with Gasteiger partial charge < -0.3 is 14.8 Å². The SMILES string of the molecule is C=CCN(CCOC)CCC1CNCCO1. The highest BCUT2D eigenvalue weighted by molar-refractivity contribution is 4.75. The highest BCUT2D eigenvalue weighted by Crippen LogP contribution is 2.03. The lowest BCUT2D eigenvalue weighted by molar-refractivity contribution is 0.0167. The third-order valence-corrected chi connectivity index (χ3v) is 2.77. The maximum atomic E-state index is 5.66. The van der Waals surface area contributed by atoms with Crippen molar-refractivity contribution >= 4 is 0 Å². The second kappa shape index (κ2) is 8.70. The second-order valence-corrected chi connectivity index (χ2v) is 4.07.